The SMILES string of the molecule is COc1ccc(/C=C(\F)C(=O)c2cc(OC)c(OC)c(OC)c2)cc1O. The molecule has 2 aromatic carbocycles. The Labute approximate surface area is 150 Å². The van der Waals surface area contributed by atoms with Crippen molar-refractivity contribution >= 4 is 11.9 Å². The number of hydrogen-bond donors (Lipinski definition) is 1. The summed E-state index contributed by atoms with van der Waals surface area (Å²) in [5.74, 6) is -0.998. The zero-order valence-electron chi connectivity index (χ0n) is 14.8. The molecule has 0 aliphatic carbocycles. The highest BCUT2D eigenvalue weighted by molar-refractivity contribution is 6.10. The maximum atomic E-state index is 14.4. The van der Waals surface area contributed by atoms with E-state index in [2.05, 4.69) is 0 Å². The van der Waals surface area contributed by atoms with E-state index in [-0.39, 0.29) is 28.6 Å². The van der Waals surface area contributed by atoms with E-state index in [1.165, 1.54) is 58.8 Å². The Balaban J connectivity index is 2.40. The molecule has 0 unspecified atom stereocenters. The van der Waals surface area contributed by atoms with Gasteiger partial charge in [0.2, 0.25) is 11.5 Å². The van der Waals surface area contributed by atoms with E-state index in [4.69, 9.17) is 18.9 Å². The summed E-state index contributed by atoms with van der Waals surface area (Å²) in [4.78, 5) is 12.4. The van der Waals surface area contributed by atoms with Crippen LogP contribution in [0.25, 0.3) is 6.08 Å². The lowest BCUT2D eigenvalue weighted by molar-refractivity contribution is 0.101. The number of rotatable bonds is 7. The van der Waals surface area contributed by atoms with Crippen molar-refractivity contribution in [3.63, 3.8) is 0 Å². The molecule has 0 bridgehead atoms. The van der Waals surface area contributed by atoms with Crippen LogP contribution in [0.4, 0.5) is 4.39 Å². The quantitative estimate of drug-likeness (QED) is 0.599. The number of halogens is 1. The van der Waals surface area contributed by atoms with Crippen LogP contribution in [0.2, 0.25) is 0 Å². The summed E-state index contributed by atoms with van der Waals surface area (Å²) >= 11 is 0. The van der Waals surface area contributed by atoms with Gasteiger partial charge in [0.05, 0.1) is 28.4 Å². The minimum atomic E-state index is -1.01. The highest BCUT2D eigenvalue weighted by atomic mass is 19.1. The monoisotopic (exact) mass is 362 g/mol. The van der Waals surface area contributed by atoms with E-state index in [1.807, 2.05) is 0 Å². The van der Waals surface area contributed by atoms with Crippen LogP contribution in [0, 0.1) is 0 Å². The van der Waals surface area contributed by atoms with Gasteiger partial charge in [-0.15, -0.1) is 0 Å². The van der Waals surface area contributed by atoms with Crippen LogP contribution in [-0.2, 0) is 0 Å². The Kier molecular flexibility index (Phi) is 6.06. The average molecular weight is 362 g/mol. The summed E-state index contributed by atoms with van der Waals surface area (Å²) in [6.07, 6.45) is 1.02. The summed E-state index contributed by atoms with van der Waals surface area (Å²) in [6.45, 7) is 0. The second-order valence-electron chi connectivity index (χ2n) is 5.17. The van der Waals surface area contributed by atoms with E-state index in [9.17, 15) is 14.3 Å². The van der Waals surface area contributed by atoms with Gasteiger partial charge in [-0.1, -0.05) is 6.07 Å². The normalized spacial score (nSPS) is 11.0. The number of ketones is 1. The molecule has 0 radical (unpaired) electrons. The Morgan fingerprint density at radius 2 is 1.50 bits per heavy atom. The molecule has 6 nitrogen and oxygen atoms in total. The highest BCUT2D eigenvalue weighted by Crippen LogP contribution is 2.39. The van der Waals surface area contributed by atoms with Crippen molar-refractivity contribution in [2.75, 3.05) is 28.4 Å². The first-order chi connectivity index (χ1) is 12.4. The average Bonchev–Trinajstić information content (AvgIpc) is 2.66. The molecule has 0 amide bonds. The molecule has 0 saturated carbocycles. The predicted molar refractivity (Wildman–Crippen MR) is 94.2 cm³/mol. The van der Waals surface area contributed by atoms with Gasteiger partial charge < -0.3 is 24.1 Å². The van der Waals surface area contributed by atoms with Gasteiger partial charge in [-0.05, 0) is 35.9 Å². The zero-order valence-corrected chi connectivity index (χ0v) is 14.8. The molecule has 138 valence electrons. The first kappa shape index (κ1) is 19.1. The third kappa shape index (κ3) is 3.88. The lowest BCUT2D eigenvalue weighted by Crippen LogP contribution is -2.03. The fourth-order valence-electron chi connectivity index (χ4n) is 2.36. The largest absolute Gasteiger partial charge is 0.504 e. The van der Waals surface area contributed by atoms with Crippen LogP contribution in [-0.4, -0.2) is 39.3 Å². The first-order valence-electron chi connectivity index (χ1n) is 7.54. The molecule has 2 rings (SSSR count). The minimum Gasteiger partial charge on any atom is -0.504 e. The minimum absolute atomic E-state index is 0.0333. The number of phenols is 1. The van der Waals surface area contributed by atoms with E-state index in [0.29, 0.717) is 11.3 Å². The van der Waals surface area contributed by atoms with Gasteiger partial charge in [0.25, 0.3) is 0 Å². The molecule has 0 atom stereocenters. The van der Waals surface area contributed by atoms with Crippen molar-refractivity contribution in [1.29, 1.82) is 0 Å². The van der Waals surface area contributed by atoms with Gasteiger partial charge in [-0.2, -0.15) is 0 Å². The van der Waals surface area contributed by atoms with Crippen molar-refractivity contribution in [2.24, 2.45) is 0 Å². The fourth-order valence-corrected chi connectivity index (χ4v) is 2.36. The molecule has 0 saturated heterocycles. The molecule has 0 aliphatic rings. The molecule has 0 aliphatic heterocycles. The van der Waals surface area contributed by atoms with Crippen molar-refractivity contribution in [3.8, 4) is 28.7 Å². The third-order valence-corrected chi connectivity index (χ3v) is 3.64. The number of aromatic hydroxyl groups is 1. The number of hydrogen-bond acceptors (Lipinski definition) is 6. The maximum Gasteiger partial charge on any atom is 0.221 e. The number of ether oxygens (including phenoxy) is 4. The molecule has 2 aromatic rings. The van der Waals surface area contributed by atoms with Crippen LogP contribution in [0.1, 0.15) is 15.9 Å². The molecule has 7 heteroatoms. The molecule has 0 spiro atoms. The smallest absolute Gasteiger partial charge is 0.221 e. The van der Waals surface area contributed by atoms with Crippen LogP contribution >= 0.6 is 0 Å². The Morgan fingerprint density at radius 1 is 0.923 bits per heavy atom. The standard InChI is InChI=1S/C19H19FO6/c1-23-15-6-5-11(8-14(15)21)7-13(20)18(22)12-9-16(24-2)19(26-4)17(10-12)25-3/h5-10,21H,1-4H3/b13-7-. The number of allylic oxidation sites excluding steroid dienone is 1. The molecule has 0 heterocycles. The summed E-state index contributed by atoms with van der Waals surface area (Å²) in [5, 5.41) is 9.75. The fraction of sp³-hybridized carbons (Fsp3) is 0.211. The van der Waals surface area contributed by atoms with Gasteiger partial charge in [0, 0.05) is 5.56 Å². The second kappa shape index (κ2) is 8.24. The van der Waals surface area contributed by atoms with E-state index >= 15 is 0 Å². The Morgan fingerprint density at radius 3 is 1.96 bits per heavy atom. The van der Waals surface area contributed by atoms with Crippen LogP contribution in [0.5, 0.6) is 28.7 Å². The number of methoxy groups -OCH3 is 4. The number of Topliss-reactive ketones (excluding diaryl/α,β-unsaturated/α-hetero) is 1. The summed E-state index contributed by atoms with van der Waals surface area (Å²) in [5.41, 5.74) is 0.340. The van der Waals surface area contributed by atoms with Crippen molar-refractivity contribution in [2.45, 2.75) is 0 Å². The molecular formula is C19H19FO6. The highest BCUT2D eigenvalue weighted by Gasteiger charge is 2.19. The van der Waals surface area contributed by atoms with Crippen LogP contribution < -0.4 is 18.9 Å². The summed E-state index contributed by atoms with van der Waals surface area (Å²) in [6, 6.07) is 7.01. The predicted octanol–water partition coefficient (Wildman–Crippen LogP) is 3.62. The molecular weight excluding hydrogens is 343 g/mol. The maximum absolute atomic E-state index is 14.4. The molecule has 0 aromatic heterocycles. The zero-order chi connectivity index (χ0) is 19.3. The topological polar surface area (TPSA) is 74.2 Å². The summed E-state index contributed by atoms with van der Waals surface area (Å²) < 4.78 is 34.8. The first-order valence-corrected chi connectivity index (χ1v) is 7.54. The molecule has 0 fully saturated rings. The van der Waals surface area contributed by atoms with Gasteiger partial charge in [-0.25, -0.2) is 4.39 Å². The number of carbonyl (C=O) groups is 1. The lowest BCUT2D eigenvalue weighted by atomic mass is 10.1. The van der Waals surface area contributed by atoms with E-state index in [1.54, 1.807) is 0 Å². The van der Waals surface area contributed by atoms with Gasteiger partial charge in [-0.3, -0.25) is 4.79 Å². The van der Waals surface area contributed by atoms with Gasteiger partial charge in [0.1, 0.15) is 0 Å². The number of phenolic OH excluding ortho intramolecular Hbond substituents is 1. The number of benzene rings is 2. The second-order valence-corrected chi connectivity index (χ2v) is 5.17. The molecule has 26 heavy (non-hydrogen) atoms. The van der Waals surface area contributed by atoms with Crippen LogP contribution in [0.3, 0.4) is 0 Å². The van der Waals surface area contributed by atoms with Crippen LogP contribution in [0.15, 0.2) is 36.2 Å². The van der Waals surface area contributed by atoms with Gasteiger partial charge in [0.15, 0.2) is 28.8 Å². The van der Waals surface area contributed by atoms with E-state index in [0.717, 1.165) is 6.08 Å². The third-order valence-electron chi connectivity index (χ3n) is 3.64. The van der Waals surface area contributed by atoms with Crippen molar-refractivity contribution in [1.82, 2.24) is 0 Å². The Bertz CT molecular complexity index is 819. The summed E-state index contributed by atoms with van der Waals surface area (Å²) in [7, 11) is 5.63. The van der Waals surface area contributed by atoms with Gasteiger partial charge >= 0.3 is 0 Å². The van der Waals surface area contributed by atoms with Crippen molar-refractivity contribution in [3.05, 3.63) is 47.3 Å². The Hall–Kier alpha value is -3.22. The molecule has 1 N–H and O–H groups in total. The van der Waals surface area contributed by atoms with Crippen molar-refractivity contribution < 1.29 is 33.2 Å². The lowest BCUT2D eigenvalue weighted by Gasteiger charge is -2.13. The number of carbonyl (C=O) groups excluding carboxylic acids is 1. The van der Waals surface area contributed by atoms with E-state index < -0.39 is 11.6 Å².